The highest BCUT2D eigenvalue weighted by atomic mass is 19.1. The van der Waals surface area contributed by atoms with Crippen molar-refractivity contribution in [3.05, 3.63) is 88.6 Å². The van der Waals surface area contributed by atoms with E-state index in [4.69, 9.17) is 0 Å². The van der Waals surface area contributed by atoms with Crippen LogP contribution in [-0.2, 0) is 4.79 Å². The van der Waals surface area contributed by atoms with E-state index in [1.165, 1.54) is 24.3 Å². The van der Waals surface area contributed by atoms with E-state index in [-0.39, 0.29) is 18.1 Å². The number of amides is 2. The number of hydrogen-bond acceptors (Lipinski definition) is 4. The first-order valence-corrected chi connectivity index (χ1v) is 9.40. The summed E-state index contributed by atoms with van der Waals surface area (Å²) in [6.07, 6.45) is 0. The van der Waals surface area contributed by atoms with Gasteiger partial charge in [0, 0.05) is 17.1 Å². The highest BCUT2D eigenvalue weighted by Crippen LogP contribution is 2.18. The van der Waals surface area contributed by atoms with E-state index in [0.717, 1.165) is 0 Å². The third-order valence-corrected chi connectivity index (χ3v) is 4.51. The highest BCUT2D eigenvalue weighted by Gasteiger charge is 2.12. The van der Waals surface area contributed by atoms with Crippen molar-refractivity contribution in [3.8, 4) is 0 Å². The SMILES string of the molecule is O=C(CNc1ccccc1C(=O)Nc1ccc(F)cc1)Nc1ccc2[nH]c(=O)[nH]c2c1. The predicted molar refractivity (Wildman–Crippen MR) is 117 cm³/mol. The summed E-state index contributed by atoms with van der Waals surface area (Å²) >= 11 is 0. The smallest absolute Gasteiger partial charge is 0.323 e. The Kier molecular flexibility index (Phi) is 5.48. The van der Waals surface area contributed by atoms with Crippen molar-refractivity contribution in [2.45, 2.75) is 0 Å². The minimum absolute atomic E-state index is 0.0808. The zero-order valence-corrected chi connectivity index (χ0v) is 16.2. The number of para-hydroxylation sites is 1. The molecule has 0 aliphatic rings. The molecule has 0 atom stereocenters. The molecular weight excluding hydrogens is 401 g/mol. The van der Waals surface area contributed by atoms with Crippen LogP contribution >= 0.6 is 0 Å². The van der Waals surface area contributed by atoms with Crippen molar-refractivity contribution >= 4 is 39.9 Å². The number of rotatable bonds is 6. The Labute approximate surface area is 175 Å². The van der Waals surface area contributed by atoms with Gasteiger partial charge in [0.1, 0.15) is 5.82 Å². The first-order chi connectivity index (χ1) is 15.0. The van der Waals surface area contributed by atoms with E-state index in [2.05, 4.69) is 25.9 Å². The average Bonchev–Trinajstić information content (AvgIpc) is 3.13. The summed E-state index contributed by atoms with van der Waals surface area (Å²) in [5.41, 5.74) is 2.69. The predicted octanol–water partition coefficient (Wildman–Crippen LogP) is 3.30. The van der Waals surface area contributed by atoms with E-state index in [9.17, 15) is 18.8 Å². The normalized spacial score (nSPS) is 10.6. The Morgan fingerprint density at radius 3 is 2.35 bits per heavy atom. The molecule has 5 N–H and O–H groups in total. The monoisotopic (exact) mass is 419 g/mol. The number of halogens is 1. The molecule has 0 spiro atoms. The van der Waals surface area contributed by atoms with Gasteiger partial charge in [0.2, 0.25) is 5.91 Å². The number of nitrogens with one attached hydrogen (secondary N) is 5. The van der Waals surface area contributed by atoms with Gasteiger partial charge in [-0.1, -0.05) is 12.1 Å². The molecule has 8 nitrogen and oxygen atoms in total. The molecular formula is C22H18FN5O3. The fourth-order valence-corrected chi connectivity index (χ4v) is 3.06. The number of H-pyrrole nitrogens is 2. The molecule has 4 aromatic rings. The number of aromatic amines is 2. The van der Waals surface area contributed by atoms with Crippen LogP contribution in [0.3, 0.4) is 0 Å². The second-order valence-corrected chi connectivity index (χ2v) is 6.75. The largest absolute Gasteiger partial charge is 0.376 e. The van der Waals surface area contributed by atoms with Gasteiger partial charge in [-0.3, -0.25) is 9.59 Å². The van der Waals surface area contributed by atoms with Crippen LogP contribution in [0.25, 0.3) is 11.0 Å². The molecule has 2 amide bonds. The lowest BCUT2D eigenvalue weighted by molar-refractivity contribution is -0.114. The van der Waals surface area contributed by atoms with Crippen LogP contribution in [-0.4, -0.2) is 28.3 Å². The number of anilines is 3. The highest BCUT2D eigenvalue weighted by molar-refractivity contribution is 6.08. The zero-order chi connectivity index (χ0) is 21.8. The van der Waals surface area contributed by atoms with E-state index in [1.54, 1.807) is 42.5 Å². The first-order valence-electron chi connectivity index (χ1n) is 9.40. The molecule has 0 bridgehead atoms. The summed E-state index contributed by atoms with van der Waals surface area (Å²) in [4.78, 5) is 41.5. The summed E-state index contributed by atoms with van der Waals surface area (Å²) < 4.78 is 13.0. The number of hydrogen-bond donors (Lipinski definition) is 5. The maximum absolute atomic E-state index is 13.0. The lowest BCUT2D eigenvalue weighted by Crippen LogP contribution is -2.23. The Bertz CT molecular complexity index is 1310. The number of carbonyl (C=O) groups is 2. The van der Waals surface area contributed by atoms with Crippen molar-refractivity contribution in [1.29, 1.82) is 0 Å². The minimum atomic E-state index is -0.395. The van der Waals surface area contributed by atoms with Gasteiger partial charge in [0.05, 0.1) is 23.1 Å². The van der Waals surface area contributed by atoms with Crippen LogP contribution in [0.2, 0.25) is 0 Å². The number of fused-ring (bicyclic) bond motifs is 1. The molecule has 0 aliphatic carbocycles. The molecule has 0 aliphatic heterocycles. The molecule has 0 radical (unpaired) electrons. The van der Waals surface area contributed by atoms with Crippen LogP contribution in [0.15, 0.2) is 71.5 Å². The van der Waals surface area contributed by atoms with E-state index in [1.807, 2.05) is 0 Å². The number of aromatic nitrogens is 2. The fourth-order valence-electron chi connectivity index (χ4n) is 3.06. The minimum Gasteiger partial charge on any atom is -0.376 e. The molecule has 1 heterocycles. The maximum Gasteiger partial charge on any atom is 0.323 e. The van der Waals surface area contributed by atoms with Gasteiger partial charge in [-0.25, -0.2) is 9.18 Å². The molecule has 1 aromatic heterocycles. The molecule has 3 aromatic carbocycles. The standard InChI is InChI=1S/C22H18FN5O3/c23-13-5-7-14(8-6-13)26-21(30)16-3-1-2-4-17(16)24-12-20(29)25-15-9-10-18-19(11-15)28-22(31)27-18/h1-11,24H,12H2,(H,25,29)(H,26,30)(H2,27,28,31). The molecule has 0 saturated heterocycles. The molecule has 4 rings (SSSR count). The molecule has 156 valence electrons. The molecule has 31 heavy (non-hydrogen) atoms. The van der Waals surface area contributed by atoms with E-state index >= 15 is 0 Å². The Morgan fingerprint density at radius 2 is 1.55 bits per heavy atom. The van der Waals surface area contributed by atoms with Gasteiger partial charge in [-0.15, -0.1) is 0 Å². The third kappa shape index (κ3) is 4.78. The summed E-state index contributed by atoms with van der Waals surface area (Å²) in [6, 6.07) is 17.2. The van der Waals surface area contributed by atoms with Crippen LogP contribution in [0.1, 0.15) is 10.4 Å². The Hall–Kier alpha value is -4.40. The van der Waals surface area contributed by atoms with Crippen LogP contribution in [0.5, 0.6) is 0 Å². The van der Waals surface area contributed by atoms with Crippen molar-refractivity contribution < 1.29 is 14.0 Å². The van der Waals surface area contributed by atoms with Gasteiger partial charge < -0.3 is 25.9 Å². The number of benzene rings is 3. The van der Waals surface area contributed by atoms with E-state index < -0.39 is 11.7 Å². The summed E-state index contributed by atoms with van der Waals surface area (Å²) in [7, 11) is 0. The van der Waals surface area contributed by atoms with Gasteiger partial charge in [0.25, 0.3) is 5.91 Å². The maximum atomic E-state index is 13.0. The zero-order valence-electron chi connectivity index (χ0n) is 16.2. The van der Waals surface area contributed by atoms with Crippen LogP contribution in [0.4, 0.5) is 21.5 Å². The Balaban J connectivity index is 1.40. The molecule has 9 heteroatoms. The van der Waals surface area contributed by atoms with Gasteiger partial charge in [-0.05, 0) is 54.6 Å². The summed E-state index contributed by atoms with van der Waals surface area (Å²) in [5.74, 6) is -1.11. The van der Waals surface area contributed by atoms with Gasteiger partial charge in [0.15, 0.2) is 0 Å². The van der Waals surface area contributed by atoms with E-state index in [0.29, 0.717) is 33.7 Å². The third-order valence-electron chi connectivity index (χ3n) is 4.51. The average molecular weight is 419 g/mol. The quantitative estimate of drug-likeness (QED) is 0.329. The Morgan fingerprint density at radius 1 is 0.839 bits per heavy atom. The van der Waals surface area contributed by atoms with Gasteiger partial charge in [-0.2, -0.15) is 0 Å². The van der Waals surface area contributed by atoms with Crippen LogP contribution < -0.4 is 21.6 Å². The summed E-state index contributed by atoms with van der Waals surface area (Å²) in [6.45, 7) is -0.0808. The van der Waals surface area contributed by atoms with Gasteiger partial charge >= 0.3 is 5.69 Å². The topological polar surface area (TPSA) is 119 Å². The first kappa shape index (κ1) is 19.9. The second kappa shape index (κ2) is 8.54. The van der Waals surface area contributed by atoms with Crippen molar-refractivity contribution in [2.75, 3.05) is 22.5 Å². The van der Waals surface area contributed by atoms with Crippen molar-refractivity contribution in [1.82, 2.24) is 9.97 Å². The molecule has 0 saturated carbocycles. The van der Waals surface area contributed by atoms with Crippen molar-refractivity contribution in [2.24, 2.45) is 0 Å². The van der Waals surface area contributed by atoms with Crippen molar-refractivity contribution in [3.63, 3.8) is 0 Å². The lowest BCUT2D eigenvalue weighted by Gasteiger charge is -2.12. The number of imidazole rings is 1. The molecule has 0 fully saturated rings. The van der Waals surface area contributed by atoms with Crippen LogP contribution in [0, 0.1) is 5.82 Å². The molecule has 0 unspecified atom stereocenters. The number of carbonyl (C=O) groups excluding carboxylic acids is 2. The fraction of sp³-hybridized carbons (Fsp3) is 0.0455. The summed E-state index contributed by atoms with van der Waals surface area (Å²) in [5, 5.41) is 8.38. The second-order valence-electron chi connectivity index (χ2n) is 6.75. The lowest BCUT2D eigenvalue weighted by atomic mass is 10.1.